The molecule has 0 spiro atoms. The van der Waals surface area contributed by atoms with Gasteiger partial charge >= 0.3 is 0 Å². The Labute approximate surface area is 147 Å². The molecule has 0 aliphatic carbocycles. The lowest BCUT2D eigenvalue weighted by molar-refractivity contribution is 0.624. The van der Waals surface area contributed by atoms with Crippen LogP contribution in [-0.2, 0) is 12.3 Å². The number of halogens is 2. The monoisotopic (exact) mass is 391 g/mol. The van der Waals surface area contributed by atoms with Gasteiger partial charge in [-0.05, 0) is 36.8 Å². The first-order chi connectivity index (χ1) is 11.2. The molecule has 118 valence electrons. The van der Waals surface area contributed by atoms with Gasteiger partial charge in [-0.2, -0.15) is 0 Å². The van der Waals surface area contributed by atoms with Crippen LogP contribution >= 0.6 is 27.7 Å². The largest absolute Gasteiger partial charge is 0.302 e. The maximum atomic E-state index is 14.0. The van der Waals surface area contributed by atoms with Crippen molar-refractivity contribution in [3.8, 4) is 11.4 Å². The second-order valence-electron chi connectivity index (χ2n) is 4.95. The maximum absolute atomic E-state index is 14.0. The molecule has 1 aromatic heterocycles. The van der Waals surface area contributed by atoms with Crippen LogP contribution in [0.3, 0.4) is 0 Å². The molecular weight excluding hydrogens is 377 g/mol. The molecule has 0 radical (unpaired) electrons. The average molecular weight is 392 g/mol. The summed E-state index contributed by atoms with van der Waals surface area (Å²) in [4.78, 5) is 0. The Morgan fingerprint density at radius 3 is 2.52 bits per heavy atom. The summed E-state index contributed by atoms with van der Waals surface area (Å²) >= 11 is 5.04. The summed E-state index contributed by atoms with van der Waals surface area (Å²) in [5.74, 6) is 1.09. The van der Waals surface area contributed by atoms with Crippen molar-refractivity contribution in [3.63, 3.8) is 0 Å². The third-order valence-electron chi connectivity index (χ3n) is 3.43. The van der Waals surface area contributed by atoms with Gasteiger partial charge in [0.05, 0.1) is 5.56 Å². The summed E-state index contributed by atoms with van der Waals surface area (Å²) in [6.07, 6.45) is 0. The van der Waals surface area contributed by atoms with Crippen LogP contribution in [0.5, 0.6) is 0 Å². The van der Waals surface area contributed by atoms with E-state index in [1.54, 1.807) is 23.9 Å². The molecule has 0 aliphatic rings. The predicted octanol–water partition coefficient (Wildman–Crippen LogP) is 5.16. The molecule has 0 fully saturated rings. The van der Waals surface area contributed by atoms with Crippen LogP contribution in [0.1, 0.15) is 12.5 Å². The smallest absolute Gasteiger partial charge is 0.191 e. The Morgan fingerprint density at radius 1 is 1.09 bits per heavy atom. The lowest BCUT2D eigenvalue weighted by Gasteiger charge is -2.08. The average Bonchev–Trinajstić information content (AvgIpc) is 2.97. The van der Waals surface area contributed by atoms with E-state index in [1.807, 2.05) is 29.7 Å². The number of aromatic nitrogens is 3. The fourth-order valence-electron chi connectivity index (χ4n) is 2.25. The van der Waals surface area contributed by atoms with Gasteiger partial charge in [0, 0.05) is 16.8 Å². The molecule has 0 saturated carbocycles. The SMILES string of the molecule is CCn1c(SCc2ccc(Br)cc2)nnc1-c1ccccc1F. The topological polar surface area (TPSA) is 30.7 Å². The Hall–Kier alpha value is -1.66. The first-order valence-corrected chi connectivity index (χ1v) is 9.02. The zero-order valence-electron chi connectivity index (χ0n) is 12.5. The molecule has 1 heterocycles. The quantitative estimate of drug-likeness (QED) is 0.562. The highest BCUT2D eigenvalue weighted by Crippen LogP contribution is 2.27. The molecule has 3 nitrogen and oxygen atoms in total. The van der Waals surface area contributed by atoms with Gasteiger partial charge in [0.15, 0.2) is 11.0 Å². The molecule has 3 rings (SSSR count). The van der Waals surface area contributed by atoms with E-state index in [4.69, 9.17) is 0 Å². The van der Waals surface area contributed by atoms with Gasteiger partial charge in [-0.15, -0.1) is 10.2 Å². The van der Waals surface area contributed by atoms with Gasteiger partial charge in [0.25, 0.3) is 0 Å². The second-order valence-corrected chi connectivity index (χ2v) is 6.80. The lowest BCUT2D eigenvalue weighted by Crippen LogP contribution is -2.01. The molecule has 6 heteroatoms. The van der Waals surface area contributed by atoms with E-state index in [2.05, 4.69) is 38.3 Å². The van der Waals surface area contributed by atoms with Crippen LogP contribution in [0.4, 0.5) is 4.39 Å². The summed E-state index contributed by atoms with van der Waals surface area (Å²) in [7, 11) is 0. The Balaban J connectivity index is 1.84. The summed E-state index contributed by atoms with van der Waals surface area (Å²) in [6, 6.07) is 14.8. The standard InChI is InChI=1S/C17H15BrFN3S/c1-2-22-16(14-5-3-4-6-15(14)19)20-21-17(22)23-11-12-7-9-13(18)10-8-12/h3-10H,2,11H2,1H3. The van der Waals surface area contributed by atoms with E-state index in [-0.39, 0.29) is 5.82 Å². The summed E-state index contributed by atoms with van der Waals surface area (Å²) in [6.45, 7) is 2.71. The van der Waals surface area contributed by atoms with Crippen molar-refractivity contribution in [2.75, 3.05) is 0 Å². The van der Waals surface area contributed by atoms with Gasteiger partial charge in [-0.25, -0.2) is 4.39 Å². The minimum Gasteiger partial charge on any atom is -0.302 e. The molecule has 0 bridgehead atoms. The third-order valence-corrected chi connectivity index (χ3v) is 5.00. The van der Waals surface area contributed by atoms with Crippen molar-refractivity contribution in [2.24, 2.45) is 0 Å². The third kappa shape index (κ3) is 3.64. The van der Waals surface area contributed by atoms with Gasteiger partial charge in [0.2, 0.25) is 0 Å². The van der Waals surface area contributed by atoms with E-state index >= 15 is 0 Å². The van der Waals surface area contributed by atoms with Gasteiger partial charge in [-0.3, -0.25) is 0 Å². The fourth-order valence-corrected chi connectivity index (χ4v) is 3.47. The number of nitrogens with zero attached hydrogens (tertiary/aromatic N) is 3. The van der Waals surface area contributed by atoms with Gasteiger partial charge in [-0.1, -0.05) is 52.0 Å². The number of hydrogen-bond acceptors (Lipinski definition) is 3. The lowest BCUT2D eigenvalue weighted by atomic mass is 10.2. The van der Waals surface area contributed by atoms with Crippen molar-refractivity contribution >= 4 is 27.7 Å². The van der Waals surface area contributed by atoms with E-state index in [0.29, 0.717) is 17.9 Å². The molecule has 2 aromatic carbocycles. The fraction of sp³-hybridized carbons (Fsp3) is 0.176. The van der Waals surface area contributed by atoms with Crippen molar-refractivity contribution in [3.05, 3.63) is 64.4 Å². The van der Waals surface area contributed by atoms with Crippen molar-refractivity contribution in [2.45, 2.75) is 24.4 Å². The maximum Gasteiger partial charge on any atom is 0.191 e. The van der Waals surface area contributed by atoms with Crippen LogP contribution in [0, 0.1) is 5.82 Å². The Morgan fingerprint density at radius 2 is 1.83 bits per heavy atom. The summed E-state index contributed by atoms with van der Waals surface area (Å²) < 4.78 is 17.0. The highest BCUT2D eigenvalue weighted by Gasteiger charge is 2.15. The summed E-state index contributed by atoms with van der Waals surface area (Å²) in [5.41, 5.74) is 1.69. The first kappa shape index (κ1) is 16.2. The normalized spacial score (nSPS) is 10.9. The number of thioether (sulfide) groups is 1. The van der Waals surface area contributed by atoms with E-state index in [9.17, 15) is 4.39 Å². The van der Waals surface area contributed by atoms with E-state index in [0.717, 1.165) is 15.4 Å². The molecule has 23 heavy (non-hydrogen) atoms. The molecule has 3 aromatic rings. The zero-order chi connectivity index (χ0) is 16.2. The second kappa shape index (κ2) is 7.27. The van der Waals surface area contributed by atoms with Crippen molar-refractivity contribution in [1.82, 2.24) is 14.8 Å². The van der Waals surface area contributed by atoms with E-state index < -0.39 is 0 Å². The molecule has 0 N–H and O–H groups in total. The highest BCUT2D eigenvalue weighted by atomic mass is 79.9. The molecular formula is C17H15BrFN3S. The predicted molar refractivity (Wildman–Crippen MR) is 94.8 cm³/mol. The van der Waals surface area contributed by atoms with E-state index in [1.165, 1.54) is 11.6 Å². The first-order valence-electron chi connectivity index (χ1n) is 7.24. The Kier molecular flexibility index (Phi) is 5.13. The Bertz CT molecular complexity index is 802. The van der Waals surface area contributed by atoms with Crippen LogP contribution in [-0.4, -0.2) is 14.8 Å². The molecule has 0 amide bonds. The van der Waals surface area contributed by atoms with Crippen molar-refractivity contribution < 1.29 is 4.39 Å². The number of benzene rings is 2. The highest BCUT2D eigenvalue weighted by molar-refractivity contribution is 9.10. The van der Waals surface area contributed by atoms with Crippen LogP contribution in [0.2, 0.25) is 0 Å². The molecule has 0 aliphatic heterocycles. The molecule has 0 atom stereocenters. The van der Waals surface area contributed by atoms with Crippen LogP contribution in [0.25, 0.3) is 11.4 Å². The minimum absolute atomic E-state index is 0.279. The van der Waals surface area contributed by atoms with Crippen LogP contribution in [0.15, 0.2) is 58.2 Å². The van der Waals surface area contributed by atoms with Gasteiger partial charge in [0.1, 0.15) is 5.82 Å². The van der Waals surface area contributed by atoms with Crippen LogP contribution < -0.4 is 0 Å². The van der Waals surface area contributed by atoms with Gasteiger partial charge < -0.3 is 4.57 Å². The molecule has 0 unspecified atom stereocenters. The minimum atomic E-state index is -0.279. The van der Waals surface area contributed by atoms with Crippen molar-refractivity contribution in [1.29, 1.82) is 0 Å². The number of hydrogen-bond donors (Lipinski definition) is 0. The summed E-state index contributed by atoms with van der Waals surface area (Å²) in [5, 5.41) is 9.23. The zero-order valence-corrected chi connectivity index (χ0v) is 14.9. The molecule has 0 saturated heterocycles. The number of rotatable bonds is 5.